The SMILES string of the molecule is CCNC(=NCc1nnc2ccccn12)NCCNC(=O)c1ccc(OC)cc1.I. The van der Waals surface area contributed by atoms with Gasteiger partial charge in [0.05, 0.1) is 7.11 Å². The molecule has 30 heavy (non-hydrogen) atoms. The van der Waals surface area contributed by atoms with Crippen LogP contribution in [0.2, 0.25) is 0 Å². The lowest BCUT2D eigenvalue weighted by Gasteiger charge is -2.12. The highest BCUT2D eigenvalue weighted by molar-refractivity contribution is 14.0. The molecule has 160 valence electrons. The van der Waals surface area contributed by atoms with Crippen LogP contribution < -0.4 is 20.7 Å². The van der Waals surface area contributed by atoms with Gasteiger partial charge in [-0.15, -0.1) is 34.2 Å². The van der Waals surface area contributed by atoms with E-state index in [1.54, 1.807) is 31.4 Å². The Labute approximate surface area is 192 Å². The highest BCUT2D eigenvalue weighted by Gasteiger charge is 2.06. The molecule has 0 saturated carbocycles. The van der Waals surface area contributed by atoms with Gasteiger partial charge < -0.3 is 20.7 Å². The van der Waals surface area contributed by atoms with Gasteiger partial charge in [-0.05, 0) is 43.3 Å². The number of guanidine groups is 1. The van der Waals surface area contributed by atoms with Crippen molar-refractivity contribution in [3.05, 3.63) is 60.0 Å². The maximum absolute atomic E-state index is 12.2. The Balaban J connectivity index is 0.00000320. The van der Waals surface area contributed by atoms with Gasteiger partial charge in [0.2, 0.25) is 0 Å². The van der Waals surface area contributed by atoms with Crippen molar-refractivity contribution < 1.29 is 9.53 Å². The summed E-state index contributed by atoms with van der Waals surface area (Å²) >= 11 is 0. The minimum Gasteiger partial charge on any atom is -0.497 e. The number of carbonyl (C=O) groups excluding carboxylic acids is 1. The van der Waals surface area contributed by atoms with Crippen molar-refractivity contribution in [2.45, 2.75) is 13.5 Å². The Kier molecular flexibility index (Phi) is 9.32. The van der Waals surface area contributed by atoms with E-state index >= 15 is 0 Å². The van der Waals surface area contributed by atoms with E-state index in [1.807, 2.05) is 35.7 Å². The maximum atomic E-state index is 12.2. The lowest BCUT2D eigenvalue weighted by molar-refractivity contribution is 0.0954. The van der Waals surface area contributed by atoms with E-state index in [4.69, 9.17) is 4.74 Å². The highest BCUT2D eigenvalue weighted by Crippen LogP contribution is 2.10. The molecule has 0 aliphatic rings. The molecule has 0 bridgehead atoms. The molecule has 0 aliphatic heterocycles. The van der Waals surface area contributed by atoms with Crippen LogP contribution in [0.15, 0.2) is 53.7 Å². The van der Waals surface area contributed by atoms with Crippen LogP contribution in [0.4, 0.5) is 0 Å². The lowest BCUT2D eigenvalue weighted by Crippen LogP contribution is -2.41. The Bertz CT molecular complexity index is 973. The fraction of sp³-hybridized carbons (Fsp3) is 0.300. The molecule has 9 nitrogen and oxygen atoms in total. The van der Waals surface area contributed by atoms with Crippen molar-refractivity contribution in [1.29, 1.82) is 0 Å². The van der Waals surface area contributed by atoms with Gasteiger partial charge in [-0.25, -0.2) is 4.99 Å². The number of carbonyl (C=O) groups is 1. The van der Waals surface area contributed by atoms with Crippen LogP contribution in [0.5, 0.6) is 5.75 Å². The molecule has 0 atom stereocenters. The van der Waals surface area contributed by atoms with E-state index < -0.39 is 0 Å². The molecule has 10 heteroatoms. The second-order valence-corrected chi connectivity index (χ2v) is 6.15. The number of pyridine rings is 1. The number of amides is 1. The summed E-state index contributed by atoms with van der Waals surface area (Å²) < 4.78 is 7.00. The second kappa shape index (κ2) is 12.0. The number of rotatable bonds is 8. The summed E-state index contributed by atoms with van der Waals surface area (Å²) in [5.74, 6) is 1.99. The van der Waals surface area contributed by atoms with Gasteiger partial charge in [-0.2, -0.15) is 0 Å². The Morgan fingerprint density at radius 1 is 1.07 bits per heavy atom. The van der Waals surface area contributed by atoms with Crippen molar-refractivity contribution >= 4 is 41.5 Å². The Morgan fingerprint density at radius 3 is 2.57 bits per heavy atom. The average Bonchev–Trinajstić information content (AvgIpc) is 3.18. The van der Waals surface area contributed by atoms with Crippen LogP contribution in [0.25, 0.3) is 5.65 Å². The zero-order valence-corrected chi connectivity index (χ0v) is 19.3. The summed E-state index contributed by atoms with van der Waals surface area (Å²) in [4.78, 5) is 16.7. The lowest BCUT2D eigenvalue weighted by atomic mass is 10.2. The number of hydrogen-bond donors (Lipinski definition) is 3. The molecular formula is C20H26IN7O2. The average molecular weight is 523 g/mol. The van der Waals surface area contributed by atoms with Crippen LogP contribution in [-0.2, 0) is 6.54 Å². The third kappa shape index (κ3) is 6.31. The molecule has 0 fully saturated rings. The van der Waals surface area contributed by atoms with E-state index in [1.165, 1.54) is 0 Å². The first kappa shape index (κ1) is 23.4. The number of fused-ring (bicyclic) bond motifs is 1. The summed E-state index contributed by atoms with van der Waals surface area (Å²) in [6.45, 7) is 4.11. The number of halogens is 1. The molecule has 0 unspecified atom stereocenters. The fourth-order valence-electron chi connectivity index (χ4n) is 2.69. The summed E-state index contributed by atoms with van der Waals surface area (Å²) in [6, 6.07) is 12.7. The standard InChI is InChI=1S/C20H25N7O2.HI/c1-3-21-20(24-14-18-26-25-17-6-4-5-13-27(17)18)23-12-11-22-19(28)15-7-9-16(29-2)10-8-15;/h4-10,13H,3,11-12,14H2,1-2H3,(H,22,28)(H2,21,23,24);1H. The molecule has 3 rings (SSSR count). The van der Waals surface area contributed by atoms with Gasteiger partial charge >= 0.3 is 0 Å². The molecule has 0 saturated heterocycles. The van der Waals surface area contributed by atoms with Crippen molar-refractivity contribution in [1.82, 2.24) is 30.5 Å². The van der Waals surface area contributed by atoms with Gasteiger partial charge in [-0.1, -0.05) is 6.07 Å². The first-order valence-electron chi connectivity index (χ1n) is 9.44. The number of aliphatic imine (C=N–C) groups is 1. The topological polar surface area (TPSA) is 105 Å². The first-order chi connectivity index (χ1) is 14.2. The van der Waals surface area contributed by atoms with Gasteiger partial charge in [0, 0.05) is 31.4 Å². The van der Waals surface area contributed by atoms with Crippen LogP contribution in [0.3, 0.4) is 0 Å². The molecule has 0 spiro atoms. The van der Waals surface area contributed by atoms with E-state index in [9.17, 15) is 4.79 Å². The maximum Gasteiger partial charge on any atom is 0.251 e. The summed E-state index contributed by atoms with van der Waals surface area (Å²) in [6.07, 6.45) is 1.91. The van der Waals surface area contributed by atoms with Crippen LogP contribution in [-0.4, -0.2) is 53.2 Å². The predicted octanol–water partition coefficient (Wildman–Crippen LogP) is 1.84. The Hall–Kier alpha value is -2.89. The van der Waals surface area contributed by atoms with E-state index in [2.05, 4.69) is 31.1 Å². The zero-order chi connectivity index (χ0) is 20.5. The van der Waals surface area contributed by atoms with Gasteiger partial charge in [0.15, 0.2) is 17.4 Å². The molecule has 0 aliphatic carbocycles. The van der Waals surface area contributed by atoms with Crippen molar-refractivity contribution in [2.75, 3.05) is 26.7 Å². The molecular weight excluding hydrogens is 497 g/mol. The molecule has 2 heterocycles. The van der Waals surface area contributed by atoms with Gasteiger partial charge in [0.1, 0.15) is 12.3 Å². The normalized spacial score (nSPS) is 10.9. The van der Waals surface area contributed by atoms with Crippen LogP contribution in [0, 0.1) is 0 Å². The van der Waals surface area contributed by atoms with E-state index in [-0.39, 0.29) is 29.9 Å². The predicted molar refractivity (Wildman–Crippen MR) is 127 cm³/mol. The first-order valence-corrected chi connectivity index (χ1v) is 9.44. The minimum atomic E-state index is -0.133. The number of methoxy groups -OCH3 is 1. The monoisotopic (exact) mass is 523 g/mol. The number of aromatic nitrogens is 3. The molecule has 0 radical (unpaired) electrons. The van der Waals surface area contributed by atoms with Gasteiger partial charge in [-0.3, -0.25) is 9.20 Å². The third-order valence-corrected chi connectivity index (χ3v) is 4.16. The van der Waals surface area contributed by atoms with E-state index in [0.717, 1.165) is 23.8 Å². The Morgan fingerprint density at radius 2 is 1.83 bits per heavy atom. The molecule has 1 aromatic carbocycles. The third-order valence-electron chi connectivity index (χ3n) is 4.16. The van der Waals surface area contributed by atoms with Crippen molar-refractivity contribution in [3.8, 4) is 5.75 Å². The van der Waals surface area contributed by atoms with E-state index in [0.29, 0.717) is 31.2 Å². The minimum absolute atomic E-state index is 0. The van der Waals surface area contributed by atoms with Crippen LogP contribution in [0.1, 0.15) is 23.1 Å². The number of benzene rings is 1. The number of ether oxygens (including phenoxy) is 1. The second-order valence-electron chi connectivity index (χ2n) is 6.15. The summed E-state index contributed by atoms with van der Waals surface area (Å²) in [5.41, 5.74) is 1.38. The number of hydrogen-bond acceptors (Lipinski definition) is 5. The highest BCUT2D eigenvalue weighted by atomic mass is 127. The number of nitrogens with one attached hydrogen (secondary N) is 3. The zero-order valence-electron chi connectivity index (χ0n) is 17.0. The van der Waals surface area contributed by atoms with Crippen molar-refractivity contribution in [2.24, 2.45) is 4.99 Å². The molecule has 3 N–H and O–H groups in total. The fourth-order valence-corrected chi connectivity index (χ4v) is 2.69. The molecule has 2 aromatic heterocycles. The molecule has 3 aromatic rings. The largest absolute Gasteiger partial charge is 0.497 e. The number of nitrogens with zero attached hydrogens (tertiary/aromatic N) is 4. The smallest absolute Gasteiger partial charge is 0.251 e. The molecule has 1 amide bonds. The van der Waals surface area contributed by atoms with Gasteiger partial charge in [0.25, 0.3) is 5.91 Å². The quantitative estimate of drug-likeness (QED) is 0.180. The summed E-state index contributed by atoms with van der Waals surface area (Å²) in [5, 5.41) is 17.6. The van der Waals surface area contributed by atoms with Crippen molar-refractivity contribution in [3.63, 3.8) is 0 Å². The van der Waals surface area contributed by atoms with Crippen LogP contribution >= 0.6 is 24.0 Å². The summed E-state index contributed by atoms with van der Waals surface area (Å²) in [7, 11) is 1.59.